The van der Waals surface area contributed by atoms with Crippen molar-refractivity contribution < 1.29 is 50.7 Å². The average molecular weight is 731 g/mol. The number of alkyl halides is 2. The Balaban J connectivity index is 1.21. The summed E-state index contributed by atoms with van der Waals surface area (Å²) in [6, 6.07) is 0. The third-order valence-corrected chi connectivity index (χ3v) is 10.6. The molecule has 3 fully saturated rings. The molecular weight excluding hydrogens is 704 g/mol. The molecule has 4 aromatic rings. The van der Waals surface area contributed by atoms with E-state index in [-0.39, 0.29) is 16.8 Å². The van der Waals surface area contributed by atoms with Crippen LogP contribution in [0.2, 0.25) is 0 Å². The minimum Gasteiger partial charge on any atom is -0.365 e. The van der Waals surface area contributed by atoms with Crippen LogP contribution < -0.4 is 10.6 Å². The van der Waals surface area contributed by atoms with Gasteiger partial charge in [0.25, 0.3) is 0 Å². The lowest BCUT2D eigenvalue weighted by Crippen LogP contribution is -2.37. The van der Waals surface area contributed by atoms with Crippen molar-refractivity contribution in [3.63, 3.8) is 0 Å². The first-order chi connectivity index (χ1) is 23.1. The molecule has 4 N–H and O–H groups in total. The molecule has 48 heavy (non-hydrogen) atoms. The molecule has 0 aliphatic carbocycles. The monoisotopic (exact) mass is 730 g/mol. The SMILES string of the molecule is O=P1(O)OCC2O[C@@H]3[C@H](F)[C@@H]2OP(O)(=S)OCC2OC([C@H](F)[C@@H]2O1)n1cnc2c(ncnc21)NC/C=C/CNc1ncnc2c1ncn23. The van der Waals surface area contributed by atoms with Gasteiger partial charge in [0.15, 0.2) is 58.8 Å². The molecule has 0 saturated carbocycles. The van der Waals surface area contributed by atoms with Gasteiger partial charge in [-0.15, -0.1) is 0 Å². The third kappa shape index (κ3) is 5.79. The summed E-state index contributed by atoms with van der Waals surface area (Å²) in [5, 5.41) is 6.25. The number of imidazole rings is 2. The zero-order chi connectivity index (χ0) is 33.2. The molecule has 9 rings (SSSR count). The topological polar surface area (TPSA) is 224 Å². The Morgan fingerprint density at radius 2 is 1.27 bits per heavy atom. The first-order valence-corrected chi connectivity index (χ1v) is 18.6. The van der Waals surface area contributed by atoms with Crippen LogP contribution in [-0.4, -0.2) is 112 Å². The Kier molecular flexibility index (Phi) is 8.24. The molecule has 5 aliphatic rings. The maximum absolute atomic E-state index is 16.2. The predicted molar refractivity (Wildman–Crippen MR) is 162 cm³/mol. The zero-order valence-electron chi connectivity index (χ0n) is 24.3. The van der Waals surface area contributed by atoms with Crippen molar-refractivity contribution in [3.8, 4) is 0 Å². The number of ether oxygens (including phenoxy) is 2. The summed E-state index contributed by atoms with van der Waals surface area (Å²) in [7, 11) is -5.07. The minimum absolute atomic E-state index is 0.179. The largest absolute Gasteiger partial charge is 0.472 e. The summed E-state index contributed by atoms with van der Waals surface area (Å²) in [5.74, 6) is 0.703. The number of nitrogens with one attached hydrogen (secondary N) is 2. The number of hydrogen-bond donors (Lipinski definition) is 4. The Labute approximate surface area is 273 Å². The molecule has 3 saturated heterocycles. The number of anilines is 2. The lowest BCUT2D eigenvalue weighted by Gasteiger charge is -2.28. The molecule has 14 bridgehead atoms. The number of nitrogens with zero attached hydrogens (tertiary/aromatic N) is 8. The van der Waals surface area contributed by atoms with Crippen molar-refractivity contribution in [2.24, 2.45) is 0 Å². The fourth-order valence-corrected chi connectivity index (χ4v) is 8.27. The van der Waals surface area contributed by atoms with Crippen LogP contribution in [0.4, 0.5) is 20.4 Å². The number of aromatic nitrogens is 8. The van der Waals surface area contributed by atoms with E-state index >= 15 is 8.78 Å². The van der Waals surface area contributed by atoms with E-state index in [1.165, 1.54) is 34.4 Å². The van der Waals surface area contributed by atoms with E-state index in [2.05, 4.69) is 40.5 Å². The van der Waals surface area contributed by atoms with Gasteiger partial charge in [0.2, 0.25) is 0 Å². The van der Waals surface area contributed by atoms with Crippen LogP contribution in [0, 0.1) is 0 Å². The molecule has 10 atom stereocenters. The number of hydrogen-bond acceptors (Lipinski definition) is 16. The van der Waals surface area contributed by atoms with Gasteiger partial charge in [-0.2, -0.15) is 0 Å². The van der Waals surface area contributed by atoms with Gasteiger partial charge in [-0.05, 0) is 11.8 Å². The average Bonchev–Trinajstić information content (AvgIpc) is 3.81. The van der Waals surface area contributed by atoms with Crippen LogP contribution in [0.3, 0.4) is 0 Å². The number of phosphoric acid groups is 1. The lowest BCUT2D eigenvalue weighted by atomic mass is 10.1. The second kappa shape index (κ2) is 12.3. The van der Waals surface area contributed by atoms with Crippen LogP contribution >= 0.6 is 14.5 Å². The fourth-order valence-electron chi connectivity index (χ4n) is 5.87. The Bertz CT molecular complexity index is 1850. The molecule has 0 radical (unpaired) electrons. The van der Waals surface area contributed by atoms with Crippen LogP contribution in [0.5, 0.6) is 0 Å². The van der Waals surface area contributed by atoms with E-state index in [1.54, 1.807) is 0 Å². The molecular formula is C24H26F2N10O9P2S. The van der Waals surface area contributed by atoms with Crippen LogP contribution in [0.1, 0.15) is 12.5 Å². The fraction of sp³-hybridized carbons (Fsp3) is 0.500. The molecule has 0 aromatic carbocycles. The van der Waals surface area contributed by atoms with Gasteiger partial charge in [0.1, 0.15) is 37.1 Å². The zero-order valence-corrected chi connectivity index (χ0v) is 26.9. The highest BCUT2D eigenvalue weighted by Crippen LogP contribution is 2.54. The summed E-state index contributed by atoms with van der Waals surface area (Å²) < 4.78 is 81.4. The van der Waals surface area contributed by atoms with Crippen LogP contribution in [0.25, 0.3) is 22.3 Å². The summed E-state index contributed by atoms with van der Waals surface area (Å²) in [4.78, 5) is 47.3. The molecule has 9 heterocycles. The molecule has 24 heteroatoms. The van der Waals surface area contributed by atoms with E-state index in [9.17, 15) is 14.4 Å². The van der Waals surface area contributed by atoms with Crippen molar-refractivity contribution >= 4 is 60.3 Å². The molecule has 5 unspecified atom stereocenters. The Morgan fingerprint density at radius 3 is 1.81 bits per heavy atom. The van der Waals surface area contributed by atoms with Crippen molar-refractivity contribution in [1.82, 2.24) is 39.0 Å². The first-order valence-electron chi connectivity index (χ1n) is 14.5. The molecule has 19 nitrogen and oxygen atoms in total. The molecule has 5 aliphatic heterocycles. The van der Waals surface area contributed by atoms with Gasteiger partial charge in [-0.25, -0.2) is 43.2 Å². The van der Waals surface area contributed by atoms with E-state index in [0.717, 1.165) is 0 Å². The van der Waals surface area contributed by atoms with Crippen LogP contribution in [0.15, 0.2) is 37.5 Å². The highest BCUT2D eigenvalue weighted by Gasteiger charge is 2.54. The van der Waals surface area contributed by atoms with Crippen molar-refractivity contribution in [3.05, 3.63) is 37.5 Å². The summed E-state index contributed by atoms with van der Waals surface area (Å²) >= 11 is 5.19. The number of rotatable bonds is 0. The third-order valence-electron chi connectivity index (χ3n) is 8.05. The van der Waals surface area contributed by atoms with Gasteiger partial charge in [-0.3, -0.25) is 22.7 Å². The Morgan fingerprint density at radius 1 is 0.771 bits per heavy atom. The van der Waals surface area contributed by atoms with Crippen molar-refractivity contribution in [2.75, 3.05) is 36.9 Å². The predicted octanol–water partition coefficient (Wildman–Crippen LogP) is 1.67. The highest BCUT2D eigenvalue weighted by atomic mass is 32.5. The maximum atomic E-state index is 16.2. The van der Waals surface area contributed by atoms with Crippen molar-refractivity contribution in [2.45, 2.75) is 49.2 Å². The van der Waals surface area contributed by atoms with E-state index in [4.69, 9.17) is 39.4 Å². The smallest absolute Gasteiger partial charge is 0.365 e. The minimum atomic E-state index is -5.07. The van der Waals surface area contributed by atoms with Gasteiger partial charge in [-0.1, -0.05) is 12.2 Å². The van der Waals surface area contributed by atoms with Gasteiger partial charge in [0, 0.05) is 13.1 Å². The quantitative estimate of drug-likeness (QED) is 0.149. The highest BCUT2D eigenvalue weighted by molar-refractivity contribution is 8.07. The second-order valence-electron chi connectivity index (χ2n) is 11.0. The van der Waals surface area contributed by atoms with Gasteiger partial charge < -0.3 is 34.4 Å². The van der Waals surface area contributed by atoms with E-state index in [1.807, 2.05) is 12.2 Å². The number of fused-ring (bicyclic) bond motifs is 10. The number of phosphoric ester groups is 1. The normalized spacial score (nSPS) is 38.0. The number of halogens is 2. The summed E-state index contributed by atoms with van der Waals surface area (Å²) in [5.41, 5.74) is 0.955. The summed E-state index contributed by atoms with van der Waals surface area (Å²) in [6.07, 6.45) is -4.66. The maximum Gasteiger partial charge on any atom is 0.472 e. The van der Waals surface area contributed by atoms with Gasteiger partial charge in [0.05, 0.1) is 25.9 Å². The molecule has 256 valence electrons. The van der Waals surface area contributed by atoms with E-state index in [0.29, 0.717) is 30.2 Å². The molecule has 0 spiro atoms. The van der Waals surface area contributed by atoms with E-state index < -0.39 is 77.0 Å². The van der Waals surface area contributed by atoms with Crippen LogP contribution in [-0.2, 0) is 43.9 Å². The lowest BCUT2D eigenvalue weighted by molar-refractivity contribution is -0.0623. The molecule has 4 aromatic heterocycles. The molecule has 0 amide bonds. The van der Waals surface area contributed by atoms with Crippen molar-refractivity contribution in [1.29, 1.82) is 0 Å². The standard InChI is InChI=1S/C24H26F2N10O9P2S/c25-13-17-12-6-41-47(39,48)45-18-11(5-40-46(37,38)44-17)42-24(14(18)26)36-10-34-16-20(30-8-32-22(16)36)28-4-2-1-3-27-19-15-21(31-7-29-19)35(9-33-15)23(13)43-12/h1-2,7-14,17-18,23-24H,3-6H2,(H,37,38)(H,39,48)(H,27,29,31)(H,28,30,32)/b2-1+/t11?,12?,13-,14-,17-,18-,23?,24-,47?/m1/s1. The Hall–Kier alpha value is -3.14. The first kappa shape index (κ1) is 32.1. The summed E-state index contributed by atoms with van der Waals surface area (Å²) in [6.45, 7) is -5.09. The van der Waals surface area contributed by atoms with Gasteiger partial charge >= 0.3 is 14.5 Å². The second-order valence-corrected chi connectivity index (χ2v) is 15.2.